The molecule has 3 aromatic carbocycles. The van der Waals surface area contributed by atoms with Crippen molar-refractivity contribution >= 4 is 27.8 Å². The molecule has 2 amide bonds. The molecule has 9 nitrogen and oxygen atoms in total. The van der Waals surface area contributed by atoms with Gasteiger partial charge in [-0.3, -0.25) is 9.59 Å². The molecule has 0 bridgehead atoms. The summed E-state index contributed by atoms with van der Waals surface area (Å²) in [7, 11) is -3.92. The molecule has 212 valence electrons. The zero-order chi connectivity index (χ0) is 29.2. The summed E-state index contributed by atoms with van der Waals surface area (Å²) < 4.78 is 32.8. The molecule has 1 atom stereocenters. The quantitative estimate of drug-likeness (QED) is 0.308. The molecule has 0 radical (unpaired) electrons. The van der Waals surface area contributed by atoms with E-state index in [0.717, 1.165) is 16.7 Å². The van der Waals surface area contributed by atoms with Gasteiger partial charge in [-0.25, -0.2) is 17.9 Å². The second-order valence-electron chi connectivity index (χ2n) is 10.3. The van der Waals surface area contributed by atoms with Crippen molar-refractivity contribution in [2.24, 2.45) is 0 Å². The Kier molecular flexibility index (Phi) is 10.6. The number of alkyl carbamates (subject to hydrolysis) is 1. The van der Waals surface area contributed by atoms with Crippen molar-refractivity contribution in [1.29, 1.82) is 0 Å². The van der Waals surface area contributed by atoms with Crippen LogP contribution in [0.5, 0.6) is 0 Å². The smallest absolute Gasteiger partial charge is 0.408 e. The van der Waals surface area contributed by atoms with E-state index in [2.05, 4.69) is 15.4 Å². The number of rotatable bonds is 12. The lowest BCUT2D eigenvalue weighted by molar-refractivity contribution is -0.126. The summed E-state index contributed by atoms with van der Waals surface area (Å²) >= 11 is 0. The molecule has 0 saturated heterocycles. The predicted molar refractivity (Wildman–Crippen MR) is 152 cm³/mol. The Morgan fingerprint density at radius 2 is 1.38 bits per heavy atom. The lowest BCUT2D eigenvalue weighted by Gasteiger charge is -2.19. The summed E-state index contributed by atoms with van der Waals surface area (Å²) in [4.78, 5) is 37.8. The standard InChI is InChI=1S/C30H35N3O6S/c1-30(2,3)24-14-16-26(17-15-24)40(37,38)32-20-25(34)19-31-28(35)27(18-22-10-6-4-7-11-22)33-29(36)39-21-23-12-8-5-9-13-23/h4-17,27,32H,18-21H2,1-3H3,(H,31,35)(H,33,36)/t27-/m0/s1. The third-order valence-electron chi connectivity index (χ3n) is 6.05. The van der Waals surface area contributed by atoms with Gasteiger partial charge in [0, 0.05) is 6.42 Å². The summed E-state index contributed by atoms with van der Waals surface area (Å²) in [6, 6.07) is 23.6. The van der Waals surface area contributed by atoms with Crippen molar-refractivity contribution in [2.45, 2.75) is 50.2 Å². The van der Waals surface area contributed by atoms with E-state index in [1.807, 2.05) is 81.4 Å². The number of Topliss-reactive ketones (excluding diaryl/α,β-unsaturated/α-hetero) is 1. The first-order chi connectivity index (χ1) is 18.9. The van der Waals surface area contributed by atoms with E-state index >= 15 is 0 Å². The van der Waals surface area contributed by atoms with Crippen LogP contribution in [0.25, 0.3) is 0 Å². The Morgan fingerprint density at radius 1 is 0.800 bits per heavy atom. The van der Waals surface area contributed by atoms with Gasteiger partial charge >= 0.3 is 6.09 Å². The second-order valence-corrected chi connectivity index (χ2v) is 12.1. The van der Waals surface area contributed by atoms with Crippen LogP contribution >= 0.6 is 0 Å². The number of benzene rings is 3. The Labute approximate surface area is 235 Å². The van der Waals surface area contributed by atoms with Crippen molar-refractivity contribution in [1.82, 2.24) is 15.4 Å². The van der Waals surface area contributed by atoms with E-state index in [4.69, 9.17) is 4.74 Å². The molecule has 0 aliphatic rings. The molecular formula is C30H35N3O6S. The molecule has 0 unspecified atom stereocenters. The van der Waals surface area contributed by atoms with Crippen LogP contribution in [0.15, 0.2) is 89.8 Å². The molecule has 0 aliphatic heterocycles. The highest BCUT2D eigenvalue weighted by Crippen LogP contribution is 2.23. The van der Waals surface area contributed by atoms with Crippen molar-refractivity contribution in [3.8, 4) is 0 Å². The minimum atomic E-state index is -3.92. The zero-order valence-corrected chi connectivity index (χ0v) is 23.7. The third-order valence-corrected chi connectivity index (χ3v) is 7.47. The fourth-order valence-electron chi connectivity index (χ4n) is 3.73. The van der Waals surface area contributed by atoms with E-state index in [-0.39, 0.29) is 23.3 Å². The van der Waals surface area contributed by atoms with Gasteiger partial charge in [-0.1, -0.05) is 93.6 Å². The molecule has 0 aromatic heterocycles. The number of ketones is 1. The van der Waals surface area contributed by atoms with Crippen LogP contribution in [0.3, 0.4) is 0 Å². The summed E-state index contributed by atoms with van der Waals surface area (Å²) in [6.45, 7) is 5.18. The second kappa shape index (κ2) is 13.9. The molecule has 3 N–H and O–H groups in total. The van der Waals surface area contributed by atoms with Crippen molar-refractivity contribution in [3.63, 3.8) is 0 Å². The topological polar surface area (TPSA) is 131 Å². The number of hydrogen-bond acceptors (Lipinski definition) is 6. The minimum Gasteiger partial charge on any atom is -0.445 e. The Bertz CT molecular complexity index is 1390. The SMILES string of the molecule is CC(C)(C)c1ccc(S(=O)(=O)NCC(=O)CNC(=O)[C@H](Cc2ccccc2)NC(=O)OCc2ccccc2)cc1. The fourth-order valence-corrected chi connectivity index (χ4v) is 4.74. The van der Waals surface area contributed by atoms with E-state index in [1.54, 1.807) is 12.1 Å². The average molecular weight is 566 g/mol. The first-order valence-electron chi connectivity index (χ1n) is 12.8. The maximum absolute atomic E-state index is 12.9. The average Bonchev–Trinajstić information content (AvgIpc) is 2.94. The fraction of sp³-hybridized carbons (Fsp3) is 0.300. The van der Waals surface area contributed by atoms with Gasteiger partial charge in [-0.05, 0) is 34.2 Å². The molecule has 40 heavy (non-hydrogen) atoms. The van der Waals surface area contributed by atoms with Crippen molar-refractivity contribution in [2.75, 3.05) is 13.1 Å². The van der Waals surface area contributed by atoms with Gasteiger partial charge in [0.1, 0.15) is 12.6 Å². The van der Waals surface area contributed by atoms with Crippen LogP contribution in [0.1, 0.15) is 37.5 Å². The number of ether oxygens (including phenoxy) is 1. The van der Waals surface area contributed by atoms with Gasteiger partial charge in [0.25, 0.3) is 0 Å². The molecule has 0 saturated carbocycles. The first-order valence-corrected chi connectivity index (χ1v) is 14.3. The Balaban J connectivity index is 1.55. The zero-order valence-electron chi connectivity index (χ0n) is 22.8. The molecule has 10 heteroatoms. The highest BCUT2D eigenvalue weighted by Gasteiger charge is 2.23. The monoisotopic (exact) mass is 565 g/mol. The number of carbonyl (C=O) groups is 3. The Morgan fingerprint density at radius 3 is 1.95 bits per heavy atom. The normalized spacial score (nSPS) is 12.3. The van der Waals surface area contributed by atoms with Crippen LogP contribution in [-0.4, -0.2) is 45.3 Å². The van der Waals surface area contributed by atoms with Crippen LogP contribution in [0.4, 0.5) is 4.79 Å². The molecule has 3 rings (SSSR count). The largest absolute Gasteiger partial charge is 0.445 e. The van der Waals surface area contributed by atoms with E-state index in [1.165, 1.54) is 12.1 Å². The van der Waals surface area contributed by atoms with Gasteiger partial charge in [0.2, 0.25) is 15.9 Å². The lowest BCUT2D eigenvalue weighted by atomic mass is 9.87. The van der Waals surface area contributed by atoms with Gasteiger partial charge in [0.05, 0.1) is 18.0 Å². The maximum atomic E-state index is 12.9. The number of carbonyl (C=O) groups excluding carboxylic acids is 3. The number of hydrogen-bond donors (Lipinski definition) is 3. The summed E-state index contributed by atoms with van der Waals surface area (Å²) in [5.74, 6) is -1.15. The molecule has 0 aliphatic carbocycles. The van der Waals surface area contributed by atoms with Gasteiger partial charge in [0.15, 0.2) is 5.78 Å². The molecular weight excluding hydrogens is 530 g/mol. The number of sulfonamides is 1. The van der Waals surface area contributed by atoms with Gasteiger partial charge in [-0.2, -0.15) is 0 Å². The number of nitrogens with one attached hydrogen (secondary N) is 3. The van der Waals surface area contributed by atoms with E-state index in [0.29, 0.717) is 0 Å². The van der Waals surface area contributed by atoms with Gasteiger partial charge in [-0.15, -0.1) is 0 Å². The molecule has 0 heterocycles. The Hall–Kier alpha value is -4.02. The molecule has 0 fully saturated rings. The first kappa shape index (κ1) is 30.5. The van der Waals surface area contributed by atoms with Gasteiger partial charge < -0.3 is 15.4 Å². The maximum Gasteiger partial charge on any atom is 0.408 e. The minimum absolute atomic E-state index is 0.0317. The summed E-state index contributed by atoms with van der Waals surface area (Å²) in [6.07, 6.45) is -0.616. The van der Waals surface area contributed by atoms with Crippen LogP contribution in [0.2, 0.25) is 0 Å². The van der Waals surface area contributed by atoms with Crippen LogP contribution < -0.4 is 15.4 Å². The third kappa shape index (κ3) is 9.62. The number of amides is 2. The van der Waals surface area contributed by atoms with Crippen LogP contribution in [0, 0.1) is 0 Å². The van der Waals surface area contributed by atoms with Crippen molar-refractivity contribution < 1.29 is 27.5 Å². The lowest BCUT2D eigenvalue weighted by Crippen LogP contribution is -2.49. The predicted octanol–water partition coefficient (Wildman–Crippen LogP) is 3.49. The van der Waals surface area contributed by atoms with E-state index < -0.39 is 46.9 Å². The summed E-state index contributed by atoms with van der Waals surface area (Å²) in [5.41, 5.74) is 2.44. The van der Waals surface area contributed by atoms with E-state index in [9.17, 15) is 22.8 Å². The molecule has 3 aromatic rings. The van der Waals surface area contributed by atoms with Crippen molar-refractivity contribution in [3.05, 3.63) is 102 Å². The highest BCUT2D eigenvalue weighted by atomic mass is 32.2. The molecule has 0 spiro atoms. The highest BCUT2D eigenvalue weighted by molar-refractivity contribution is 7.89. The summed E-state index contributed by atoms with van der Waals surface area (Å²) in [5, 5.41) is 5.04. The van der Waals surface area contributed by atoms with Crippen LogP contribution in [-0.2, 0) is 42.8 Å².